The molecule has 2 N–H and O–H groups in total. The maximum Gasteiger partial charge on any atom is 0.303 e. The summed E-state index contributed by atoms with van der Waals surface area (Å²) in [5.74, 6) is -0.724. The lowest BCUT2D eigenvalue weighted by Crippen LogP contribution is -2.20. The zero-order valence-electron chi connectivity index (χ0n) is 9.52. The van der Waals surface area contributed by atoms with Crippen LogP contribution in [0.15, 0.2) is 24.4 Å². The number of carboxylic acids is 1. The quantitative estimate of drug-likeness (QED) is 0.692. The van der Waals surface area contributed by atoms with Gasteiger partial charge in [-0.1, -0.05) is 6.07 Å². The van der Waals surface area contributed by atoms with Crippen LogP contribution in [-0.2, 0) is 4.79 Å². The van der Waals surface area contributed by atoms with Gasteiger partial charge in [-0.05, 0) is 38.4 Å². The topological polar surface area (TPSA) is 62.2 Å². The van der Waals surface area contributed by atoms with E-state index in [1.54, 1.807) is 6.20 Å². The van der Waals surface area contributed by atoms with Crippen molar-refractivity contribution in [3.05, 3.63) is 30.1 Å². The Morgan fingerprint density at radius 3 is 2.94 bits per heavy atom. The molecule has 0 aromatic carbocycles. The molecular weight excluding hydrogens is 204 g/mol. The normalized spacial score (nSPS) is 12.3. The Labute approximate surface area is 95.7 Å². The minimum atomic E-state index is -0.724. The average molecular weight is 222 g/mol. The number of hydrogen-bond acceptors (Lipinski definition) is 3. The molecule has 0 saturated heterocycles. The Balaban J connectivity index is 2.16. The molecule has 1 rings (SSSR count). The van der Waals surface area contributed by atoms with Crippen LogP contribution >= 0.6 is 0 Å². The summed E-state index contributed by atoms with van der Waals surface area (Å²) in [5, 5.41) is 11.8. The van der Waals surface area contributed by atoms with E-state index in [0.717, 1.165) is 25.1 Å². The van der Waals surface area contributed by atoms with Gasteiger partial charge in [-0.3, -0.25) is 9.78 Å². The minimum absolute atomic E-state index is 0.214. The molecule has 1 aromatic rings. The molecule has 0 fully saturated rings. The third kappa shape index (κ3) is 4.89. The highest BCUT2D eigenvalue weighted by Gasteiger charge is 2.04. The van der Waals surface area contributed by atoms with E-state index in [9.17, 15) is 4.79 Å². The summed E-state index contributed by atoms with van der Waals surface area (Å²) in [6.07, 6.45) is 3.62. The van der Waals surface area contributed by atoms with E-state index in [1.807, 2.05) is 18.2 Å². The molecule has 0 unspecified atom stereocenters. The molecule has 0 aliphatic heterocycles. The summed E-state index contributed by atoms with van der Waals surface area (Å²) in [6.45, 7) is 2.88. The molecule has 88 valence electrons. The number of rotatable bonds is 7. The number of aromatic nitrogens is 1. The van der Waals surface area contributed by atoms with Crippen LogP contribution in [0.5, 0.6) is 0 Å². The first-order valence-corrected chi connectivity index (χ1v) is 5.56. The highest BCUT2D eigenvalue weighted by atomic mass is 16.4. The second kappa shape index (κ2) is 6.95. The first kappa shape index (κ1) is 12.6. The van der Waals surface area contributed by atoms with Crippen LogP contribution in [0.1, 0.15) is 37.9 Å². The number of unbranched alkanes of at least 4 members (excludes halogenated alkanes) is 1. The fourth-order valence-corrected chi connectivity index (χ4v) is 1.46. The van der Waals surface area contributed by atoms with Crippen LogP contribution in [-0.4, -0.2) is 22.6 Å². The first-order chi connectivity index (χ1) is 7.70. The van der Waals surface area contributed by atoms with Gasteiger partial charge in [-0.25, -0.2) is 0 Å². The van der Waals surface area contributed by atoms with Gasteiger partial charge < -0.3 is 10.4 Å². The Kier molecular flexibility index (Phi) is 5.50. The smallest absolute Gasteiger partial charge is 0.303 e. The fraction of sp³-hybridized carbons (Fsp3) is 0.500. The molecule has 4 nitrogen and oxygen atoms in total. The fourth-order valence-electron chi connectivity index (χ4n) is 1.46. The van der Waals surface area contributed by atoms with E-state index < -0.39 is 5.97 Å². The SMILES string of the molecule is C[C@@H](NCCCCC(=O)O)c1ccccn1. The van der Waals surface area contributed by atoms with Gasteiger partial charge in [-0.2, -0.15) is 0 Å². The van der Waals surface area contributed by atoms with Crippen molar-refractivity contribution in [3.63, 3.8) is 0 Å². The van der Waals surface area contributed by atoms with Crippen molar-refractivity contribution in [3.8, 4) is 0 Å². The molecule has 0 aliphatic rings. The van der Waals surface area contributed by atoms with Gasteiger partial charge in [0.1, 0.15) is 0 Å². The Bertz CT molecular complexity index is 314. The van der Waals surface area contributed by atoms with Gasteiger partial charge in [0, 0.05) is 18.7 Å². The summed E-state index contributed by atoms with van der Waals surface area (Å²) in [7, 11) is 0. The molecule has 16 heavy (non-hydrogen) atoms. The number of pyridine rings is 1. The first-order valence-electron chi connectivity index (χ1n) is 5.56. The van der Waals surface area contributed by atoms with E-state index in [2.05, 4.69) is 17.2 Å². The second-order valence-electron chi connectivity index (χ2n) is 3.78. The van der Waals surface area contributed by atoms with Crippen molar-refractivity contribution < 1.29 is 9.90 Å². The Morgan fingerprint density at radius 1 is 1.50 bits per heavy atom. The van der Waals surface area contributed by atoms with Crippen molar-refractivity contribution in [1.82, 2.24) is 10.3 Å². The number of hydrogen-bond donors (Lipinski definition) is 2. The van der Waals surface area contributed by atoms with Crippen molar-refractivity contribution in [2.24, 2.45) is 0 Å². The van der Waals surface area contributed by atoms with Crippen molar-refractivity contribution in [2.45, 2.75) is 32.2 Å². The predicted molar refractivity (Wildman–Crippen MR) is 62.1 cm³/mol. The van der Waals surface area contributed by atoms with Gasteiger partial charge in [0.05, 0.1) is 5.69 Å². The second-order valence-corrected chi connectivity index (χ2v) is 3.78. The predicted octanol–water partition coefficient (Wildman–Crippen LogP) is 1.99. The number of nitrogens with one attached hydrogen (secondary N) is 1. The minimum Gasteiger partial charge on any atom is -0.481 e. The third-order valence-electron chi connectivity index (χ3n) is 2.40. The molecule has 1 atom stereocenters. The summed E-state index contributed by atoms with van der Waals surface area (Å²) in [4.78, 5) is 14.5. The van der Waals surface area contributed by atoms with Gasteiger partial charge >= 0.3 is 5.97 Å². The summed E-state index contributed by atoms with van der Waals surface area (Å²) < 4.78 is 0. The molecule has 4 heteroatoms. The number of nitrogens with zero attached hydrogens (tertiary/aromatic N) is 1. The van der Waals surface area contributed by atoms with Gasteiger partial charge in [-0.15, -0.1) is 0 Å². The zero-order chi connectivity index (χ0) is 11.8. The van der Waals surface area contributed by atoms with E-state index in [4.69, 9.17) is 5.11 Å². The molecule has 0 saturated carbocycles. The van der Waals surface area contributed by atoms with Crippen molar-refractivity contribution in [2.75, 3.05) is 6.54 Å². The molecule has 0 bridgehead atoms. The van der Waals surface area contributed by atoms with Crippen LogP contribution in [0.2, 0.25) is 0 Å². The number of carbonyl (C=O) groups is 1. The van der Waals surface area contributed by atoms with Crippen LogP contribution < -0.4 is 5.32 Å². The molecular formula is C12H18N2O2. The maximum absolute atomic E-state index is 10.3. The molecule has 1 heterocycles. The number of aliphatic carboxylic acids is 1. The zero-order valence-corrected chi connectivity index (χ0v) is 9.52. The molecule has 0 amide bonds. The average Bonchev–Trinajstić information content (AvgIpc) is 2.29. The maximum atomic E-state index is 10.3. The third-order valence-corrected chi connectivity index (χ3v) is 2.40. The lowest BCUT2D eigenvalue weighted by molar-refractivity contribution is -0.137. The highest BCUT2D eigenvalue weighted by Crippen LogP contribution is 2.07. The number of carboxylic acid groups (broad SMARTS) is 1. The van der Waals surface area contributed by atoms with E-state index >= 15 is 0 Å². The Hall–Kier alpha value is -1.42. The van der Waals surface area contributed by atoms with Gasteiger partial charge in [0.2, 0.25) is 0 Å². The molecule has 0 spiro atoms. The molecule has 0 radical (unpaired) electrons. The summed E-state index contributed by atoms with van der Waals surface area (Å²) in [5.41, 5.74) is 1.01. The standard InChI is InChI=1S/C12H18N2O2/c1-10(11-6-2-4-9-14-11)13-8-5-3-7-12(15)16/h2,4,6,9-10,13H,3,5,7-8H2,1H3,(H,15,16)/t10-/m1/s1. The molecule has 1 aromatic heterocycles. The highest BCUT2D eigenvalue weighted by molar-refractivity contribution is 5.66. The van der Waals surface area contributed by atoms with E-state index in [1.165, 1.54) is 0 Å². The monoisotopic (exact) mass is 222 g/mol. The van der Waals surface area contributed by atoms with E-state index in [0.29, 0.717) is 0 Å². The van der Waals surface area contributed by atoms with Gasteiger partial charge in [0.15, 0.2) is 0 Å². The van der Waals surface area contributed by atoms with Crippen molar-refractivity contribution >= 4 is 5.97 Å². The van der Waals surface area contributed by atoms with Crippen LogP contribution in [0.3, 0.4) is 0 Å². The van der Waals surface area contributed by atoms with Crippen LogP contribution in [0.4, 0.5) is 0 Å². The van der Waals surface area contributed by atoms with Crippen LogP contribution in [0.25, 0.3) is 0 Å². The van der Waals surface area contributed by atoms with Crippen LogP contribution in [0, 0.1) is 0 Å². The van der Waals surface area contributed by atoms with Crippen molar-refractivity contribution in [1.29, 1.82) is 0 Å². The lowest BCUT2D eigenvalue weighted by Gasteiger charge is -2.12. The lowest BCUT2D eigenvalue weighted by atomic mass is 10.2. The Morgan fingerprint density at radius 2 is 2.31 bits per heavy atom. The summed E-state index contributed by atoms with van der Waals surface area (Å²) in [6, 6.07) is 6.05. The van der Waals surface area contributed by atoms with Gasteiger partial charge in [0.25, 0.3) is 0 Å². The largest absolute Gasteiger partial charge is 0.481 e. The summed E-state index contributed by atoms with van der Waals surface area (Å²) >= 11 is 0. The van der Waals surface area contributed by atoms with E-state index in [-0.39, 0.29) is 12.5 Å². The molecule has 0 aliphatic carbocycles.